The summed E-state index contributed by atoms with van der Waals surface area (Å²) in [6.07, 6.45) is -4.66. The summed E-state index contributed by atoms with van der Waals surface area (Å²) in [6.45, 7) is 0.904. The second kappa shape index (κ2) is 6.98. The van der Waals surface area contributed by atoms with Crippen molar-refractivity contribution in [3.8, 4) is 5.75 Å². The van der Waals surface area contributed by atoms with Gasteiger partial charge >= 0.3 is 6.18 Å². The smallest absolute Gasteiger partial charge is 0.397 e. The van der Waals surface area contributed by atoms with Crippen molar-refractivity contribution in [2.75, 3.05) is 19.7 Å². The van der Waals surface area contributed by atoms with Crippen molar-refractivity contribution >= 4 is 5.91 Å². The molecule has 1 fully saturated rings. The average Bonchev–Trinajstić information content (AvgIpc) is 2.88. The first kappa shape index (κ1) is 16.6. The van der Waals surface area contributed by atoms with E-state index in [4.69, 9.17) is 4.74 Å². The van der Waals surface area contributed by atoms with E-state index in [1.165, 1.54) is 17.0 Å². The number of nitrogens with zero attached hydrogens (tertiary/aromatic N) is 1. The highest BCUT2D eigenvalue weighted by Gasteiger charge is 2.35. The Morgan fingerprint density at radius 1 is 1.32 bits per heavy atom. The number of benzene rings is 1. The van der Waals surface area contributed by atoms with Crippen molar-refractivity contribution < 1.29 is 27.1 Å². The van der Waals surface area contributed by atoms with Crippen LogP contribution in [0.25, 0.3) is 0 Å². The molecule has 0 N–H and O–H groups in total. The van der Waals surface area contributed by atoms with Gasteiger partial charge in [0.25, 0.3) is 0 Å². The molecular formula is C15H17F4NO2. The zero-order valence-electron chi connectivity index (χ0n) is 11.9. The van der Waals surface area contributed by atoms with Crippen LogP contribution < -0.4 is 4.74 Å². The summed E-state index contributed by atoms with van der Waals surface area (Å²) in [5.74, 6) is -1.09. The van der Waals surface area contributed by atoms with Crippen LogP contribution >= 0.6 is 0 Å². The first-order chi connectivity index (χ1) is 10.3. The van der Waals surface area contributed by atoms with Gasteiger partial charge in [-0.05, 0) is 30.9 Å². The quantitative estimate of drug-likeness (QED) is 0.779. The zero-order valence-corrected chi connectivity index (χ0v) is 11.9. The van der Waals surface area contributed by atoms with Gasteiger partial charge in [0.1, 0.15) is 6.42 Å². The molecule has 0 aliphatic carbocycles. The number of amides is 1. The molecule has 22 heavy (non-hydrogen) atoms. The molecule has 1 aliphatic rings. The highest BCUT2D eigenvalue weighted by atomic mass is 19.4. The van der Waals surface area contributed by atoms with Crippen molar-refractivity contribution in [1.29, 1.82) is 0 Å². The van der Waals surface area contributed by atoms with Gasteiger partial charge in [0, 0.05) is 13.1 Å². The lowest BCUT2D eigenvalue weighted by Crippen LogP contribution is -2.32. The van der Waals surface area contributed by atoms with Gasteiger partial charge in [-0.15, -0.1) is 0 Å². The first-order valence-electron chi connectivity index (χ1n) is 7.07. The number of carbonyl (C=O) groups is 1. The maximum absolute atomic E-state index is 13.3. The van der Waals surface area contributed by atoms with Gasteiger partial charge < -0.3 is 9.64 Å². The normalized spacial score (nSPS) is 18.5. The Hall–Kier alpha value is -1.79. The highest BCUT2D eigenvalue weighted by Crippen LogP contribution is 2.25. The van der Waals surface area contributed by atoms with Crippen molar-refractivity contribution in [2.45, 2.75) is 25.4 Å². The van der Waals surface area contributed by atoms with E-state index in [9.17, 15) is 22.4 Å². The summed E-state index contributed by atoms with van der Waals surface area (Å²) < 4.78 is 55.2. The third-order valence-corrected chi connectivity index (χ3v) is 3.61. The monoisotopic (exact) mass is 319 g/mol. The minimum absolute atomic E-state index is 0.0870. The van der Waals surface area contributed by atoms with E-state index in [1.807, 2.05) is 0 Å². The van der Waals surface area contributed by atoms with Crippen LogP contribution in [0.4, 0.5) is 17.6 Å². The first-order valence-corrected chi connectivity index (χ1v) is 7.07. The summed E-state index contributed by atoms with van der Waals surface area (Å²) in [5.41, 5.74) is 0. The van der Waals surface area contributed by atoms with Crippen molar-refractivity contribution in [3.63, 3.8) is 0 Å². The predicted octanol–water partition coefficient (Wildman–Crippen LogP) is 3.40. The van der Waals surface area contributed by atoms with Gasteiger partial charge in [-0.25, -0.2) is 4.39 Å². The van der Waals surface area contributed by atoms with Crippen LogP contribution in [0.15, 0.2) is 24.3 Å². The number of hydrogen-bond donors (Lipinski definition) is 0. The van der Waals surface area contributed by atoms with Gasteiger partial charge in [-0.3, -0.25) is 4.79 Å². The van der Waals surface area contributed by atoms with Crippen molar-refractivity contribution in [1.82, 2.24) is 4.90 Å². The summed E-state index contributed by atoms with van der Waals surface area (Å²) in [7, 11) is 0. The van der Waals surface area contributed by atoms with Gasteiger partial charge in [-0.1, -0.05) is 12.1 Å². The molecule has 0 radical (unpaired) electrons. The molecule has 1 atom stereocenters. The Morgan fingerprint density at radius 2 is 2.05 bits per heavy atom. The molecule has 7 heteroatoms. The fourth-order valence-electron chi connectivity index (χ4n) is 2.48. The molecule has 1 aromatic rings. The van der Waals surface area contributed by atoms with E-state index >= 15 is 0 Å². The van der Waals surface area contributed by atoms with Crippen molar-refractivity contribution in [2.24, 2.45) is 5.92 Å². The zero-order chi connectivity index (χ0) is 16.2. The molecule has 0 spiro atoms. The van der Waals surface area contributed by atoms with Crippen LogP contribution in [0.3, 0.4) is 0 Å². The lowest BCUT2D eigenvalue weighted by atomic mass is 10.1. The molecule has 0 aromatic heterocycles. The van der Waals surface area contributed by atoms with E-state index in [1.54, 1.807) is 12.1 Å². The molecule has 1 amide bonds. The Morgan fingerprint density at radius 3 is 2.73 bits per heavy atom. The van der Waals surface area contributed by atoms with Gasteiger partial charge in [0.05, 0.1) is 6.61 Å². The molecular weight excluding hydrogens is 302 g/mol. The number of halogens is 4. The van der Waals surface area contributed by atoms with Crippen LogP contribution in [0.5, 0.6) is 5.75 Å². The van der Waals surface area contributed by atoms with E-state index in [-0.39, 0.29) is 18.3 Å². The molecule has 2 rings (SSSR count). The second-order valence-electron chi connectivity index (χ2n) is 5.35. The molecule has 1 aromatic carbocycles. The molecule has 3 nitrogen and oxygen atoms in total. The Bertz CT molecular complexity index is 519. The second-order valence-corrected chi connectivity index (χ2v) is 5.35. The molecule has 1 saturated heterocycles. The molecule has 1 heterocycles. The number of rotatable bonds is 5. The fourth-order valence-corrected chi connectivity index (χ4v) is 2.48. The maximum Gasteiger partial charge on any atom is 0.397 e. The average molecular weight is 319 g/mol. The van der Waals surface area contributed by atoms with E-state index in [2.05, 4.69) is 0 Å². The SMILES string of the molecule is O=C(CC(F)(F)F)N1CCC(CCOc2ccccc2F)C1. The van der Waals surface area contributed by atoms with Gasteiger partial charge in [-0.2, -0.15) is 13.2 Å². The predicted molar refractivity (Wildman–Crippen MR) is 71.9 cm³/mol. The fraction of sp³-hybridized carbons (Fsp3) is 0.533. The number of hydrogen-bond acceptors (Lipinski definition) is 2. The van der Waals surface area contributed by atoms with Crippen LogP contribution in [-0.4, -0.2) is 36.7 Å². The number of para-hydroxylation sites is 1. The minimum atomic E-state index is -4.47. The number of likely N-dealkylation sites (tertiary alicyclic amines) is 1. The minimum Gasteiger partial charge on any atom is -0.491 e. The summed E-state index contributed by atoms with van der Waals surface area (Å²) in [4.78, 5) is 12.7. The summed E-state index contributed by atoms with van der Waals surface area (Å²) in [5, 5.41) is 0. The largest absolute Gasteiger partial charge is 0.491 e. The summed E-state index contributed by atoms with van der Waals surface area (Å²) >= 11 is 0. The van der Waals surface area contributed by atoms with Crippen LogP contribution in [-0.2, 0) is 4.79 Å². The molecule has 0 saturated carbocycles. The third kappa shape index (κ3) is 4.89. The van der Waals surface area contributed by atoms with Crippen molar-refractivity contribution in [3.05, 3.63) is 30.1 Å². The van der Waals surface area contributed by atoms with Crippen LogP contribution in [0.1, 0.15) is 19.3 Å². The lowest BCUT2D eigenvalue weighted by Gasteiger charge is -2.17. The molecule has 1 aliphatic heterocycles. The van der Waals surface area contributed by atoms with Crippen LogP contribution in [0.2, 0.25) is 0 Å². The molecule has 0 bridgehead atoms. The van der Waals surface area contributed by atoms with E-state index in [0.29, 0.717) is 25.9 Å². The number of ether oxygens (including phenoxy) is 1. The third-order valence-electron chi connectivity index (χ3n) is 3.61. The van der Waals surface area contributed by atoms with Gasteiger partial charge in [0.2, 0.25) is 5.91 Å². The maximum atomic E-state index is 13.3. The molecule has 122 valence electrons. The lowest BCUT2D eigenvalue weighted by molar-refractivity contribution is -0.160. The number of carbonyl (C=O) groups excluding carboxylic acids is 1. The van der Waals surface area contributed by atoms with E-state index < -0.39 is 24.3 Å². The van der Waals surface area contributed by atoms with Gasteiger partial charge in [0.15, 0.2) is 11.6 Å². The van der Waals surface area contributed by atoms with Crippen LogP contribution in [0, 0.1) is 11.7 Å². The standard InChI is InChI=1S/C15H17F4NO2/c16-12-3-1-2-4-13(12)22-8-6-11-5-7-20(10-11)14(21)9-15(17,18)19/h1-4,11H,5-10H2. The topological polar surface area (TPSA) is 29.5 Å². The Balaban J connectivity index is 1.73. The Labute approximate surface area is 125 Å². The summed E-state index contributed by atoms with van der Waals surface area (Å²) in [6, 6.07) is 6.03. The van der Waals surface area contributed by atoms with E-state index in [0.717, 1.165) is 0 Å². The Kier molecular flexibility index (Phi) is 5.26. The highest BCUT2D eigenvalue weighted by molar-refractivity contribution is 5.77. The molecule has 1 unspecified atom stereocenters. The number of alkyl halides is 3.